The zero-order valence-electron chi connectivity index (χ0n) is 14.8. The van der Waals surface area contributed by atoms with Gasteiger partial charge in [-0.1, -0.05) is 18.2 Å². The van der Waals surface area contributed by atoms with Gasteiger partial charge in [0.2, 0.25) is 0 Å². The highest BCUT2D eigenvalue weighted by Gasteiger charge is 2.25. The van der Waals surface area contributed by atoms with Crippen LogP contribution in [0.3, 0.4) is 0 Å². The molecule has 0 unspecified atom stereocenters. The number of benzene rings is 1. The minimum Gasteiger partial charge on any atom is -0.336 e. The van der Waals surface area contributed by atoms with Crippen molar-refractivity contribution in [2.45, 2.75) is 13.5 Å². The number of hydrogen-bond donors (Lipinski definition) is 0. The first kappa shape index (κ1) is 17.0. The minimum absolute atomic E-state index is 0.0832. The van der Waals surface area contributed by atoms with E-state index in [-0.39, 0.29) is 5.91 Å². The molecule has 3 heterocycles. The second kappa shape index (κ2) is 7.43. The summed E-state index contributed by atoms with van der Waals surface area (Å²) in [6.45, 7) is 6.27. The molecule has 0 saturated carbocycles. The Bertz CT molecular complexity index is 865. The van der Waals surface area contributed by atoms with Crippen LogP contribution in [0.15, 0.2) is 53.4 Å². The Balaban J connectivity index is 1.42. The Morgan fingerprint density at radius 3 is 2.58 bits per heavy atom. The van der Waals surface area contributed by atoms with Crippen molar-refractivity contribution in [3.8, 4) is 5.69 Å². The van der Waals surface area contributed by atoms with Gasteiger partial charge in [-0.3, -0.25) is 9.69 Å². The quantitative estimate of drug-likeness (QED) is 0.712. The van der Waals surface area contributed by atoms with E-state index in [2.05, 4.69) is 26.8 Å². The molecule has 0 radical (unpaired) electrons. The molecule has 0 aliphatic carbocycles. The van der Waals surface area contributed by atoms with Crippen molar-refractivity contribution in [2.75, 3.05) is 26.2 Å². The monoisotopic (exact) mass is 366 g/mol. The van der Waals surface area contributed by atoms with E-state index in [1.54, 1.807) is 17.5 Å². The topological polar surface area (TPSA) is 41.4 Å². The Kier molecular flexibility index (Phi) is 4.86. The molecule has 0 spiro atoms. The van der Waals surface area contributed by atoms with E-state index in [0.29, 0.717) is 5.56 Å². The van der Waals surface area contributed by atoms with Crippen molar-refractivity contribution < 1.29 is 4.79 Å². The van der Waals surface area contributed by atoms with E-state index in [1.807, 2.05) is 46.8 Å². The van der Waals surface area contributed by atoms with Crippen molar-refractivity contribution in [1.82, 2.24) is 19.6 Å². The van der Waals surface area contributed by atoms with Crippen LogP contribution in [-0.2, 0) is 6.54 Å². The number of rotatable bonds is 4. The third-order valence-electron chi connectivity index (χ3n) is 4.89. The first-order chi connectivity index (χ1) is 12.7. The molecule has 1 saturated heterocycles. The van der Waals surface area contributed by atoms with Crippen LogP contribution in [0.25, 0.3) is 5.69 Å². The second-order valence-electron chi connectivity index (χ2n) is 6.59. The summed E-state index contributed by atoms with van der Waals surface area (Å²) < 4.78 is 1.83. The Morgan fingerprint density at radius 1 is 1.12 bits per heavy atom. The van der Waals surface area contributed by atoms with Crippen LogP contribution in [0, 0.1) is 6.92 Å². The lowest BCUT2D eigenvalue weighted by Crippen LogP contribution is -2.48. The van der Waals surface area contributed by atoms with Gasteiger partial charge in [-0.05, 0) is 41.4 Å². The normalized spacial score (nSPS) is 15.3. The van der Waals surface area contributed by atoms with Crippen LogP contribution < -0.4 is 0 Å². The number of thiophene rings is 1. The third kappa shape index (κ3) is 3.43. The summed E-state index contributed by atoms with van der Waals surface area (Å²) in [5.41, 5.74) is 3.92. The Hall–Kier alpha value is -2.44. The van der Waals surface area contributed by atoms with Crippen LogP contribution in [0.5, 0.6) is 0 Å². The van der Waals surface area contributed by atoms with E-state index < -0.39 is 0 Å². The molecular weight excluding hydrogens is 344 g/mol. The predicted octanol–water partition coefficient (Wildman–Crippen LogP) is 3.20. The molecule has 2 aromatic heterocycles. The summed E-state index contributed by atoms with van der Waals surface area (Å²) in [7, 11) is 0. The molecule has 1 aliphatic heterocycles. The maximum Gasteiger partial charge on any atom is 0.257 e. The zero-order chi connectivity index (χ0) is 17.9. The van der Waals surface area contributed by atoms with E-state index in [0.717, 1.165) is 44.1 Å². The maximum atomic E-state index is 12.9. The number of carbonyl (C=O) groups is 1. The number of nitrogens with zero attached hydrogens (tertiary/aromatic N) is 4. The fourth-order valence-electron chi connectivity index (χ4n) is 3.37. The van der Waals surface area contributed by atoms with Crippen molar-refractivity contribution in [3.63, 3.8) is 0 Å². The Labute approximate surface area is 157 Å². The molecule has 1 aromatic carbocycles. The molecule has 134 valence electrons. The smallest absolute Gasteiger partial charge is 0.257 e. The van der Waals surface area contributed by atoms with Gasteiger partial charge >= 0.3 is 0 Å². The highest BCUT2D eigenvalue weighted by Crippen LogP contribution is 2.17. The van der Waals surface area contributed by atoms with E-state index in [1.165, 1.54) is 5.56 Å². The summed E-state index contributed by atoms with van der Waals surface area (Å²) in [5.74, 6) is 0.0832. The first-order valence-electron chi connectivity index (χ1n) is 8.85. The summed E-state index contributed by atoms with van der Waals surface area (Å²) in [4.78, 5) is 17.3. The minimum atomic E-state index is 0.0832. The van der Waals surface area contributed by atoms with Gasteiger partial charge in [0.05, 0.1) is 23.1 Å². The van der Waals surface area contributed by atoms with E-state index >= 15 is 0 Å². The molecule has 1 aliphatic rings. The first-order valence-corrected chi connectivity index (χ1v) is 9.79. The standard InChI is InChI=1S/C20H22N4OS/c1-16-19(13-21-24(16)18-5-3-2-4-6-18)20(25)23-10-8-22(9-11-23)14-17-7-12-26-15-17/h2-7,12-13,15H,8-11,14H2,1H3. The lowest BCUT2D eigenvalue weighted by Gasteiger charge is -2.34. The third-order valence-corrected chi connectivity index (χ3v) is 5.62. The number of amides is 1. The van der Waals surface area contributed by atoms with Gasteiger partial charge in [0, 0.05) is 32.7 Å². The average Bonchev–Trinajstić information content (AvgIpc) is 3.32. The van der Waals surface area contributed by atoms with Gasteiger partial charge in [-0.15, -0.1) is 0 Å². The molecule has 26 heavy (non-hydrogen) atoms. The van der Waals surface area contributed by atoms with Crippen LogP contribution >= 0.6 is 11.3 Å². The number of carbonyl (C=O) groups excluding carboxylic acids is 1. The SMILES string of the molecule is Cc1c(C(=O)N2CCN(Cc3ccsc3)CC2)cnn1-c1ccccc1. The van der Waals surface area contributed by atoms with Gasteiger partial charge < -0.3 is 4.90 Å². The van der Waals surface area contributed by atoms with Gasteiger partial charge in [-0.25, -0.2) is 4.68 Å². The Morgan fingerprint density at radius 2 is 1.88 bits per heavy atom. The average molecular weight is 366 g/mol. The van der Waals surface area contributed by atoms with Crippen molar-refractivity contribution in [3.05, 3.63) is 70.2 Å². The molecule has 0 N–H and O–H groups in total. The number of hydrogen-bond acceptors (Lipinski definition) is 4. The van der Waals surface area contributed by atoms with Crippen LogP contribution in [0.2, 0.25) is 0 Å². The van der Waals surface area contributed by atoms with Gasteiger partial charge in [0.25, 0.3) is 5.91 Å². The van der Waals surface area contributed by atoms with Gasteiger partial charge in [0.1, 0.15) is 0 Å². The fourth-order valence-corrected chi connectivity index (χ4v) is 4.03. The summed E-state index contributed by atoms with van der Waals surface area (Å²) >= 11 is 1.73. The molecule has 4 rings (SSSR count). The molecule has 0 atom stereocenters. The van der Waals surface area contributed by atoms with E-state index in [4.69, 9.17) is 0 Å². The highest BCUT2D eigenvalue weighted by molar-refractivity contribution is 7.07. The lowest BCUT2D eigenvalue weighted by atomic mass is 10.2. The summed E-state index contributed by atoms with van der Waals surface area (Å²) in [5, 5.41) is 8.73. The van der Waals surface area contributed by atoms with Crippen LogP contribution in [0.4, 0.5) is 0 Å². The molecule has 6 heteroatoms. The predicted molar refractivity (Wildman–Crippen MR) is 104 cm³/mol. The van der Waals surface area contributed by atoms with Crippen molar-refractivity contribution in [2.24, 2.45) is 0 Å². The molecule has 1 fully saturated rings. The van der Waals surface area contributed by atoms with Crippen molar-refractivity contribution >= 4 is 17.2 Å². The molecular formula is C20H22N4OS. The van der Waals surface area contributed by atoms with Crippen molar-refractivity contribution in [1.29, 1.82) is 0 Å². The number of aromatic nitrogens is 2. The number of piperazine rings is 1. The largest absolute Gasteiger partial charge is 0.336 e. The molecule has 0 bridgehead atoms. The fraction of sp³-hybridized carbons (Fsp3) is 0.300. The molecule has 5 nitrogen and oxygen atoms in total. The summed E-state index contributed by atoms with van der Waals surface area (Å²) in [6, 6.07) is 12.1. The van der Waals surface area contributed by atoms with Crippen LogP contribution in [0.1, 0.15) is 21.6 Å². The second-order valence-corrected chi connectivity index (χ2v) is 7.37. The zero-order valence-corrected chi connectivity index (χ0v) is 15.7. The highest BCUT2D eigenvalue weighted by atomic mass is 32.1. The maximum absolute atomic E-state index is 12.9. The molecule has 1 amide bonds. The van der Waals surface area contributed by atoms with Crippen LogP contribution in [-0.4, -0.2) is 51.7 Å². The van der Waals surface area contributed by atoms with Gasteiger partial charge in [-0.2, -0.15) is 16.4 Å². The van der Waals surface area contributed by atoms with Gasteiger partial charge in [0.15, 0.2) is 0 Å². The van der Waals surface area contributed by atoms with E-state index in [9.17, 15) is 4.79 Å². The molecule has 3 aromatic rings. The number of para-hydroxylation sites is 1. The summed E-state index contributed by atoms with van der Waals surface area (Å²) in [6.07, 6.45) is 1.70. The lowest BCUT2D eigenvalue weighted by molar-refractivity contribution is 0.0628.